The van der Waals surface area contributed by atoms with Crippen LogP contribution in [0.4, 0.5) is 5.69 Å². The van der Waals surface area contributed by atoms with Crippen LogP contribution in [0, 0.1) is 6.92 Å². The molecule has 0 saturated carbocycles. The van der Waals surface area contributed by atoms with Crippen molar-refractivity contribution in [2.24, 2.45) is 0 Å². The number of pyridine rings is 1. The number of nitrogens with one attached hydrogen (secondary N) is 1. The van der Waals surface area contributed by atoms with E-state index in [2.05, 4.69) is 29.4 Å². The van der Waals surface area contributed by atoms with E-state index in [1.165, 1.54) is 5.56 Å². The molecule has 3 heteroatoms. The van der Waals surface area contributed by atoms with Crippen LogP contribution < -0.4 is 10.1 Å². The van der Waals surface area contributed by atoms with E-state index in [0.29, 0.717) is 6.61 Å². The normalized spacial score (nSPS) is 10.5. The Bertz CT molecular complexity index is 735. The first-order valence-corrected chi connectivity index (χ1v) is 7.10. The third-order valence-electron chi connectivity index (χ3n) is 3.43. The number of rotatable bonds is 5. The van der Waals surface area contributed by atoms with Crippen molar-refractivity contribution < 1.29 is 4.74 Å². The molecular formula is C18H18N2O. The SMILES string of the molecule is Cc1ccccc1NCCOc1cccc2ncccc12. The van der Waals surface area contributed by atoms with Gasteiger partial charge in [-0.25, -0.2) is 0 Å². The van der Waals surface area contributed by atoms with E-state index >= 15 is 0 Å². The monoisotopic (exact) mass is 278 g/mol. The van der Waals surface area contributed by atoms with Gasteiger partial charge >= 0.3 is 0 Å². The Labute approximate surface area is 124 Å². The van der Waals surface area contributed by atoms with Crippen LogP contribution in [0.25, 0.3) is 10.9 Å². The first kappa shape index (κ1) is 13.4. The van der Waals surface area contributed by atoms with E-state index in [9.17, 15) is 0 Å². The molecule has 1 aromatic heterocycles. The average molecular weight is 278 g/mol. The summed E-state index contributed by atoms with van der Waals surface area (Å²) in [6.07, 6.45) is 1.80. The highest BCUT2D eigenvalue weighted by Crippen LogP contribution is 2.23. The fourth-order valence-electron chi connectivity index (χ4n) is 2.32. The largest absolute Gasteiger partial charge is 0.491 e. The third kappa shape index (κ3) is 3.14. The van der Waals surface area contributed by atoms with E-state index in [1.54, 1.807) is 6.20 Å². The summed E-state index contributed by atoms with van der Waals surface area (Å²) >= 11 is 0. The molecule has 0 atom stereocenters. The second-order valence-corrected chi connectivity index (χ2v) is 4.92. The molecule has 0 amide bonds. The lowest BCUT2D eigenvalue weighted by Gasteiger charge is -2.11. The number of para-hydroxylation sites is 1. The Morgan fingerprint density at radius 1 is 1.00 bits per heavy atom. The van der Waals surface area contributed by atoms with Gasteiger partial charge in [0, 0.05) is 23.8 Å². The molecule has 0 fully saturated rings. The number of anilines is 1. The molecule has 0 aliphatic rings. The van der Waals surface area contributed by atoms with Crippen LogP contribution in [0.1, 0.15) is 5.56 Å². The minimum atomic E-state index is 0.613. The van der Waals surface area contributed by atoms with Crippen molar-refractivity contribution in [2.75, 3.05) is 18.5 Å². The number of hydrogen-bond donors (Lipinski definition) is 1. The summed E-state index contributed by atoms with van der Waals surface area (Å²) < 4.78 is 5.88. The third-order valence-corrected chi connectivity index (χ3v) is 3.43. The van der Waals surface area contributed by atoms with Crippen molar-refractivity contribution in [1.29, 1.82) is 0 Å². The zero-order chi connectivity index (χ0) is 14.5. The second-order valence-electron chi connectivity index (χ2n) is 4.92. The Morgan fingerprint density at radius 2 is 1.90 bits per heavy atom. The van der Waals surface area contributed by atoms with Gasteiger partial charge in [0.2, 0.25) is 0 Å². The van der Waals surface area contributed by atoms with Crippen LogP contribution in [-0.2, 0) is 0 Å². The molecule has 3 aromatic rings. The van der Waals surface area contributed by atoms with E-state index in [1.807, 2.05) is 42.5 Å². The van der Waals surface area contributed by atoms with Crippen molar-refractivity contribution in [1.82, 2.24) is 4.98 Å². The average Bonchev–Trinajstić information content (AvgIpc) is 2.53. The summed E-state index contributed by atoms with van der Waals surface area (Å²) in [6.45, 7) is 3.48. The molecule has 0 bridgehead atoms. The molecule has 21 heavy (non-hydrogen) atoms. The number of nitrogens with zero attached hydrogens (tertiary/aromatic N) is 1. The van der Waals surface area contributed by atoms with Crippen LogP contribution in [-0.4, -0.2) is 18.1 Å². The Kier molecular flexibility index (Phi) is 4.01. The number of ether oxygens (including phenoxy) is 1. The number of benzene rings is 2. The van der Waals surface area contributed by atoms with Gasteiger partial charge in [-0.3, -0.25) is 4.98 Å². The summed E-state index contributed by atoms with van der Waals surface area (Å²) in [4.78, 5) is 4.33. The van der Waals surface area contributed by atoms with E-state index in [4.69, 9.17) is 4.74 Å². The quantitative estimate of drug-likeness (QED) is 0.715. The second kappa shape index (κ2) is 6.27. The lowest BCUT2D eigenvalue weighted by atomic mass is 10.2. The molecule has 2 aromatic carbocycles. The molecule has 1 N–H and O–H groups in total. The van der Waals surface area contributed by atoms with Crippen LogP contribution in [0.15, 0.2) is 60.8 Å². The molecule has 1 heterocycles. The summed E-state index contributed by atoms with van der Waals surface area (Å²) in [5.41, 5.74) is 3.36. The van der Waals surface area contributed by atoms with Gasteiger partial charge < -0.3 is 10.1 Å². The first-order chi connectivity index (χ1) is 10.3. The highest BCUT2D eigenvalue weighted by atomic mass is 16.5. The maximum atomic E-state index is 5.88. The van der Waals surface area contributed by atoms with E-state index in [-0.39, 0.29) is 0 Å². The topological polar surface area (TPSA) is 34.1 Å². The molecule has 106 valence electrons. The van der Waals surface area contributed by atoms with Gasteiger partial charge in [-0.2, -0.15) is 0 Å². The van der Waals surface area contributed by atoms with Crippen LogP contribution in [0.2, 0.25) is 0 Å². The lowest BCUT2D eigenvalue weighted by Crippen LogP contribution is -2.12. The van der Waals surface area contributed by atoms with Crippen LogP contribution in [0.5, 0.6) is 5.75 Å². The number of fused-ring (bicyclic) bond motifs is 1. The molecule has 0 saturated heterocycles. The fraction of sp³-hybridized carbons (Fsp3) is 0.167. The van der Waals surface area contributed by atoms with E-state index < -0.39 is 0 Å². The molecule has 3 rings (SSSR count). The molecule has 0 unspecified atom stereocenters. The minimum absolute atomic E-state index is 0.613. The van der Waals surface area contributed by atoms with Crippen molar-refractivity contribution in [2.45, 2.75) is 6.92 Å². The van der Waals surface area contributed by atoms with Crippen LogP contribution in [0.3, 0.4) is 0 Å². The number of aromatic nitrogens is 1. The Morgan fingerprint density at radius 3 is 2.81 bits per heavy atom. The summed E-state index contributed by atoms with van der Waals surface area (Å²) in [5, 5.41) is 4.44. The lowest BCUT2D eigenvalue weighted by molar-refractivity contribution is 0.337. The molecule has 0 radical (unpaired) electrons. The minimum Gasteiger partial charge on any atom is -0.491 e. The van der Waals surface area contributed by atoms with Gasteiger partial charge in [-0.1, -0.05) is 24.3 Å². The van der Waals surface area contributed by atoms with Crippen LogP contribution >= 0.6 is 0 Å². The molecular weight excluding hydrogens is 260 g/mol. The predicted molar refractivity (Wildman–Crippen MR) is 86.9 cm³/mol. The van der Waals surface area contributed by atoms with E-state index in [0.717, 1.165) is 28.9 Å². The van der Waals surface area contributed by atoms with Gasteiger partial charge in [-0.15, -0.1) is 0 Å². The van der Waals surface area contributed by atoms with Gasteiger partial charge in [-0.05, 0) is 42.8 Å². The molecule has 0 aliphatic carbocycles. The molecule has 0 aliphatic heterocycles. The Balaban J connectivity index is 1.61. The highest BCUT2D eigenvalue weighted by molar-refractivity contribution is 5.84. The Hall–Kier alpha value is -2.55. The van der Waals surface area contributed by atoms with Crippen molar-refractivity contribution in [3.05, 3.63) is 66.4 Å². The maximum absolute atomic E-state index is 5.88. The first-order valence-electron chi connectivity index (χ1n) is 7.10. The van der Waals surface area contributed by atoms with Gasteiger partial charge in [0.05, 0.1) is 5.52 Å². The smallest absolute Gasteiger partial charge is 0.128 e. The summed E-state index contributed by atoms with van der Waals surface area (Å²) in [7, 11) is 0. The zero-order valence-corrected chi connectivity index (χ0v) is 12.0. The number of aryl methyl sites for hydroxylation is 1. The van der Waals surface area contributed by atoms with Gasteiger partial charge in [0.25, 0.3) is 0 Å². The predicted octanol–water partition coefficient (Wildman–Crippen LogP) is 4.03. The molecule has 3 nitrogen and oxygen atoms in total. The summed E-state index contributed by atoms with van der Waals surface area (Å²) in [6, 6.07) is 18.2. The number of hydrogen-bond acceptors (Lipinski definition) is 3. The summed E-state index contributed by atoms with van der Waals surface area (Å²) in [5.74, 6) is 0.882. The van der Waals surface area contributed by atoms with Crippen molar-refractivity contribution in [3.8, 4) is 5.75 Å². The van der Waals surface area contributed by atoms with Gasteiger partial charge in [0.15, 0.2) is 0 Å². The van der Waals surface area contributed by atoms with Crippen molar-refractivity contribution >= 4 is 16.6 Å². The molecule has 0 spiro atoms. The standard InChI is InChI=1S/C18H18N2O/c1-14-6-2-3-8-16(14)20-12-13-21-18-10-4-9-17-15(18)7-5-11-19-17/h2-11,20H,12-13H2,1H3. The highest BCUT2D eigenvalue weighted by Gasteiger charge is 2.02. The van der Waals surface area contributed by atoms with Crippen molar-refractivity contribution in [3.63, 3.8) is 0 Å². The fourth-order valence-corrected chi connectivity index (χ4v) is 2.32. The zero-order valence-electron chi connectivity index (χ0n) is 12.0. The van der Waals surface area contributed by atoms with Gasteiger partial charge in [0.1, 0.15) is 12.4 Å². The maximum Gasteiger partial charge on any atom is 0.128 e.